The minimum atomic E-state index is -0.932. The third kappa shape index (κ3) is 1.87. The van der Waals surface area contributed by atoms with Gasteiger partial charge in [0.1, 0.15) is 6.04 Å². The van der Waals surface area contributed by atoms with Gasteiger partial charge in [0.05, 0.1) is 6.54 Å². The number of anilines is 1. The van der Waals surface area contributed by atoms with Crippen molar-refractivity contribution in [3.05, 3.63) is 65.2 Å². The van der Waals surface area contributed by atoms with Crippen LogP contribution in [0.3, 0.4) is 0 Å². The molecule has 3 nitrogen and oxygen atoms in total. The molecule has 0 spiro atoms. The lowest BCUT2D eigenvalue weighted by atomic mass is 10.1. The summed E-state index contributed by atoms with van der Waals surface area (Å²) in [5, 5.41) is 0. The first-order valence-electron chi connectivity index (χ1n) is 6.18. The number of carbonyl (C=O) groups excluding carboxylic acids is 1. The number of rotatable bonds is 2. The second-order valence-corrected chi connectivity index (χ2v) is 4.67. The lowest BCUT2D eigenvalue weighted by molar-refractivity contribution is -0.119. The molecule has 0 radical (unpaired) electrons. The molecular formula is C15H12F2N2O. The molecule has 2 aromatic carbocycles. The van der Waals surface area contributed by atoms with Gasteiger partial charge in [-0.15, -0.1) is 0 Å². The summed E-state index contributed by atoms with van der Waals surface area (Å²) in [6.45, 7) is -0.0346. The highest BCUT2D eigenvalue weighted by Gasteiger charge is 2.34. The molecule has 2 N–H and O–H groups in total. The van der Waals surface area contributed by atoms with Gasteiger partial charge in [0, 0.05) is 16.8 Å². The normalized spacial score (nSPS) is 17.4. The zero-order chi connectivity index (χ0) is 14.3. The fraction of sp³-hybridized carbons (Fsp3) is 0.133. The highest BCUT2D eigenvalue weighted by atomic mass is 19.2. The Kier molecular flexibility index (Phi) is 2.99. The summed E-state index contributed by atoms with van der Waals surface area (Å²) in [5.74, 6) is -2.17. The Morgan fingerprint density at radius 2 is 1.85 bits per heavy atom. The summed E-state index contributed by atoms with van der Waals surface area (Å²) in [6.07, 6.45) is 0. The van der Waals surface area contributed by atoms with E-state index in [0.717, 1.165) is 6.07 Å². The number of amides is 1. The van der Waals surface area contributed by atoms with E-state index in [0.29, 0.717) is 11.3 Å². The second kappa shape index (κ2) is 4.68. The van der Waals surface area contributed by atoms with Crippen molar-refractivity contribution in [2.24, 2.45) is 5.73 Å². The van der Waals surface area contributed by atoms with Crippen molar-refractivity contribution in [3.8, 4) is 0 Å². The zero-order valence-electron chi connectivity index (χ0n) is 10.5. The van der Waals surface area contributed by atoms with Crippen LogP contribution in [0.4, 0.5) is 14.5 Å². The minimum absolute atomic E-state index is 0.0346. The van der Waals surface area contributed by atoms with Crippen molar-refractivity contribution in [1.29, 1.82) is 0 Å². The van der Waals surface area contributed by atoms with Crippen molar-refractivity contribution in [2.45, 2.75) is 12.6 Å². The van der Waals surface area contributed by atoms with Crippen molar-refractivity contribution in [2.75, 3.05) is 4.90 Å². The fourth-order valence-electron chi connectivity index (χ4n) is 2.42. The first-order chi connectivity index (χ1) is 9.59. The Labute approximate surface area is 114 Å². The number of fused-ring (bicyclic) bond motifs is 1. The van der Waals surface area contributed by atoms with Crippen LogP contribution in [0.1, 0.15) is 17.2 Å². The monoisotopic (exact) mass is 274 g/mol. The van der Waals surface area contributed by atoms with Gasteiger partial charge in [0.2, 0.25) is 5.91 Å². The molecule has 0 fully saturated rings. The topological polar surface area (TPSA) is 46.3 Å². The number of para-hydroxylation sites is 1. The summed E-state index contributed by atoms with van der Waals surface area (Å²) >= 11 is 0. The highest BCUT2D eigenvalue weighted by Crippen LogP contribution is 2.35. The Bertz CT molecular complexity index is 687. The number of nitrogens with zero attached hydrogens (tertiary/aromatic N) is 1. The molecule has 0 saturated carbocycles. The van der Waals surface area contributed by atoms with E-state index >= 15 is 0 Å². The first-order valence-corrected chi connectivity index (χ1v) is 6.18. The Hall–Kier alpha value is -2.27. The molecule has 0 saturated heterocycles. The first kappa shape index (κ1) is 12.7. The van der Waals surface area contributed by atoms with E-state index in [1.54, 1.807) is 24.3 Å². The summed E-state index contributed by atoms with van der Waals surface area (Å²) < 4.78 is 26.9. The number of nitrogens with two attached hydrogens (primary N) is 1. The Morgan fingerprint density at radius 3 is 2.65 bits per heavy atom. The molecule has 20 heavy (non-hydrogen) atoms. The van der Waals surface area contributed by atoms with E-state index in [9.17, 15) is 13.6 Å². The van der Waals surface area contributed by atoms with Gasteiger partial charge in [-0.3, -0.25) is 4.79 Å². The SMILES string of the molecule is NC1C(=O)N(Cc2cccc(F)c2F)c2ccccc21. The van der Waals surface area contributed by atoms with E-state index < -0.39 is 17.7 Å². The molecule has 0 bridgehead atoms. The molecule has 1 heterocycles. The standard InChI is InChI=1S/C15H12F2N2O/c16-11-6-3-4-9(13(11)17)8-19-12-7-2-1-5-10(12)14(18)15(19)20/h1-7,14H,8,18H2. The van der Waals surface area contributed by atoms with Gasteiger partial charge in [0.15, 0.2) is 11.6 Å². The number of halogens is 2. The molecule has 3 rings (SSSR count). The molecule has 1 amide bonds. The summed E-state index contributed by atoms with van der Waals surface area (Å²) in [4.78, 5) is 13.5. The van der Waals surface area contributed by atoms with Gasteiger partial charge in [-0.25, -0.2) is 8.78 Å². The quantitative estimate of drug-likeness (QED) is 0.914. The van der Waals surface area contributed by atoms with Crippen molar-refractivity contribution >= 4 is 11.6 Å². The fourth-order valence-corrected chi connectivity index (χ4v) is 2.42. The molecule has 1 unspecified atom stereocenters. The Morgan fingerprint density at radius 1 is 1.10 bits per heavy atom. The average Bonchev–Trinajstić information content (AvgIpc) is 2.69. The smallest absolute Gasteiger partial charge is 0.248 e. The van der Waals surface area contributed by atoms with E-state index in [2.05, 4.69) is 0 Å². The van der Waals surface area contributed by atoms with E-state index in [1.807, 2.05) is 0 Å². The number of hydrogen-bond acceptors (Lipinski definition) is 2. The van der Waals surface area contributed by atoms with Gasteiger partial charge in [-0.2, -0.15) is 0 Å². The van der Waals surface area contributed by atoms with E-state index in [1.165, 1.54) is 17.0 Å². The van der Waals surface area contributed by atoms with Gasteiger partial charge in [0.25, 0.3) is 0 Å². The predicted octanol–water partition coefficient (Wildman–Crippen LogP) is 2.51. The molecule has 5 heteroatoms. The van der Waals surface area contributed by atoms with Crippen LogP contribution in [0.2, 0.25) is 0 Å². The van der Waals surface area contributed by atoms with Gasteiger partial charge >= 0.3 is 0 Å². The largest absolute Gasteiger partial charge is 0.316 e. The third-order valence-electron chi connectivity index (χ3n) is 3.45. The lowest BCUT2D eigenvalue weighted by Crippen LogP contribution is -2.31. The molecule has 1 atom stereocenters. The third-order valence-corrected chi connectivity index (χ3v) is 3.45. The highest BCUT2D eigenvalue weighted by molar-refractivity contribution is 6.04. The van der Waals surface area contributed by atoms with Crippen LogP contribution >= 0.6 is 0 Å². The maximum Gasteiger partial charge on any atom is 0.248 e. The van der Waals surface area contributed by atoms with Crippen molar-refractivity contribution in [1.82, 2.24) is 0 Å². The summed E-state index contributed by atoms with van der Waals surface area (Å²) in [6, 6.07) is 10.2. The lowest BCUT2D eigenvalue weighted by Gasteiger charge is -2.18. The van der Waals surface area contributed by atoms with Crippen LogP contribution in [0.5, 0.6) is 0 Å². The maximum atomic E-state index is 13.7. The van der Waals surface area contributed by atoms with Crippen LogP contribution in [-0.4, -0.2) is 5.91 Å². The number of benzene rings is 2. The molecule has 0 aromatic heterocycles. The van der Waals surface area contributed by atoms with Crippen LogP contribution < -0.4 is 10.6 Å². The molecule has 1 aliphatic rings. The second-order valence-electron chi connectivity index (χ2n) is 4.67. The Balaban J connectivity index is 1.99. The number of carbonyl (C=O) groups is 1. The van der Waals surface area contributed by atoms with E-state index in [4.69, 9.17) is 5.73 Å². The van der Waals surface area contributed by atoms with Crippen LogP contribution in [0, 0.1) is 11.6 Å². The van der Waals surface area contributed by atoms with Crippen molar-refractivity contribution in [3.63, 3.8) is 0 Å². The molecule has 2 aromatic rings. The van der Waals surface area contributed by atoms with Gasteiger partial charge < -0.3 is 10.6 Å². The zero-order valence-corrected chi connectivity index (χ0v) is 10.5. The van der Waals surface area contributed by atoms with Crippen LogP contribution in [0.25, 0.3) is 0 Å². The number of hydrogen-bond donors (Lipinski definition) is 1. The summed E-state index contributed by atoms with van der Waals surface area (Å²) in [7, 11) is 0. The van der Waals surface area contributed by atoms with Crippen molar-refractivity contribution < 1.29 is 13.6 Å². The maximum absolute atomic E-state index is 13.7. The minimum Gasteiger partial charge on any atom is -0.316 e. The predicted molar refractivity (Wildman–Crippen MR) is 70.9 cm³/mol. The summed E-state index contributed by atoms with van der Waals surface area (Å²) in [5.41, 5.74) is 7.32. The van der Waals surface area contributed by atoms with Crippen LogP contribution in [-0.2, 0) is 11.3 Å². The molecule has 0 aliphatic carbocycles. The van der Waals surface area contributed by atoms with Gasteiger partial charge in [-0.05, 0) is 12.1 Å². The van der Waals surface area contributed by atoms with E-state index in [-0.39, 0.29) is 18.0 Å². The molecule has 102 valence electrons. The van der Waals surface area contributed by atoms with Crippen LogP contribution in [0.15, 0.2) is 42.5 Å². The average molecular weight is 274 g/mol. The molecule has 1 aliphatic heterocycles. The molecular weight excluding hydrogens is 262 g/mol. The van der Waals surface area contributed by atoms with Gasteiger partial charge in [-0.1, -0.05) is 30.3 Å².